The summed E-state index contributed by atoms with van der Waals surface area (Å²) >= 11 is 1.29. The number of nitrogens with zero attached hydrogens (tertiary/aromatic N) is 4. The van der Waals surface area contributed by atoms with Gasteiger partial charge < -0.3 is 10.1 Å². The Labute approximate surface area is 208 Å². The van der Waals surface area contributed by atoms with Gasteiger partial charge in [0.05, 0.1) is 29.0 Å². The molecular weight excluding hydrogens is 462 g/mol. The number of fused-ring (bicyclic) bond motifs is 3. The smallest absolute Gasteiger partial charge is 0.267 e. The van der Waals surface area contributed by atoms with Gasteiger partial charge in [-0.1, -0.05) is 49.9 Å². The summed E-state index contributed by atoms with van der Waals surface area (Å²) in [6.45, 7) is 9.92. The zero-order chi connectivity index (χ0) is 24.9. The molecule has 0 aliphatic rings. The van der Waals surface area contributed by atoms with Crippen LogP contribution in [0.2, 0.25) is 0 Å². The predicted molar refractivity (Wildman–Crippen MR) is 140 cm³/mol. The molecule has 8 nitrogen and oxygen atoms in total. The van der Waals surface area contributed by atoms with Crippen LogP contribution in [0, 0.1) is 19.8 Å². The largest absolute Gasteiger partial charge is 0.380 e. The number of benzene rings is 2. The van der Waals surface area contributed by atoms with Gasteiger partial charge in [0.2, 0.25) is 11.7 Å². The van der Waals surface area contributed by atoms with Gasteiger partial charge in [0.1, 0.15) is 0 Å². The van der Waals surface area contributed by atoms with Crippen LogP contribution < -0.4 is 10.9 Å². The third-order valence-electron chi connectivity index (χ3n) is 5.74. The topological polar surface area (TPSA) is 90.5 Å². The van der Waals surface area contributed by atoms with Crippen LogP contribution in [0.1, 0.15) is 31.4 Å². The average Bonchev–Trinajstić information content (AvgIpc) is 3.26. The number of nitrogens with one attached hydrogen (secondary N) is 1. The van der Waals surface area contributed by atoms with Crippen molar-refractivity contribution in [3.05, 3.63) is 63.9 Å². The normalized spacial score (nSPS) is 11.6. The summed E-state index contributed by atoms with van der Waals surface area (Å²) in [5, 5.41) is 12.7. The minimum absolute atomic E-state index is 0.105. The van der Waals surface area contributed by atoms with Gasteiger partial charge in [-0.25, -0.2) is 4.57 Å². The summed E-state index contributed by atoms with van der Waals surface area (Å²) < 4.78 is 9.02. The number of hydrogen-bond donors (Lipinski definition) is 1. The summed E-state index contributed by atoms with van der Waals surface area (Å²) in [4.78, 5) is 25.9. The second-order valence-electron chi connectivity index (χ2n) is 9.00. The molecule has 0 atom stereocenters. The number of rotatable bonds is 10. The summed E-state index contributed by atoms with van der Waals surface area (Å²) in [7, 11) is 0. The molecule has 1 amide bonds. The van der Waals surface area contributed by atoms with Crippen LogP contribution in [0.3, 0.4) is 0 Å². The molecule has 0 saturated carbocycles. The number of carbonyl (C=O) groups is 1. The fourth-order valence-corrected chi connectivity index (χ4v) is 4.58. The van der Waals surface area contributed by atoms with E-state index in [1.807, 2.05) is 54.6 Å². The lowest BCUT2D eigenvalue weighted by Gasteiger charge is -2.14. The molecule has 0 fully saturated rings. The van der Waals surface area contributed by atoms with Crippen LogP contribution in [-0.2, 0) is 9.53 Å². The highest BCUT2D eigenvalue weighted by molar-refractivity contribution is 7.99. The van der Waals surface area contributed by atoms with Crippen LogP contribution in [-0.4, -0.2) is 50.6 Å². The highest BCUT2D eigenvalue weighted by Gasteiger charge is 2.19. The summed E-state index contributed by atoms with van der Waals surface area (Å²) in [6.07, 6.45) is 1.00. The Morgan fingerprint density at radius 3 is 2.71 bits per heavy atom. The first-order valence-electron chi connectivity index (χ1n) is 11.8. The van der Waals surface area contributed by atoms with Crippen molar-refractivity contribution in [1.82, 2.24) is 24.5 Å². The van der Waals surface area contributed by atoms with E-state index in [0.717, 1.165) is 23.2 Å². The Morgan fingerprint density at radius 2 is 1.91 bits per heavy atom. The third kappa shape index (κ3) is 5.57. The molecule has 9 heteroatoms. The highest BCUT2D eigenvalue weighted by Crippen LogP contribution is 2.24. The van der Waals surface area contributed by atoms with E-state index in [2.05, 4.69) is 29.4 Å². The van der Waals surface area contributed by atoms with Gasteiger partial charge in [0, 0.05) is 13.2 Å². The van der Waals surface area contributed by atoms with Crippen LogP contribution in [0.4, 0.5) is 0 Å². The fraction of sp³-hybridized carbons (Fsp3) is 0.385. The molecule has 4 rings (SSSR count). The Hall–Kier alpha value is -3.17. The molecule has 0 spiro atoms. The second-order valence-corrected chi connectivity index (χ2v) is 9.94. The molecule has 184 valence electrons. The van der Waals surface area contributed by atoms with Crippen LogP contribution in [0.15, 0.2) is 52.4 Å². The molecule has 2 aromatic carbocycles. The van der Waals surface area contributed by atoms with Crippen molar-refractivity contribution in [3.8, 4) is 5.69 Å². The van der Waals surface area contributed by atoms with Crippen molar-refractivity contribution in [2.75, 3.05) is 25.5 Å². The minimum Gasteiger partial charge on any atom is -0.380 e. The zero-order valence-electron chi connectivity index (χ0n) is 20.6. The number of para-hydroxylation sites is 1. The molecule has 2 heterocycles. The number of carbonyl (C=O) groups excluding carboxylic acids is 1. The SMILES string of the molecule is Cc1ccc(C)c(-n2c(=O)c3ccccc3n3c(SCC(=O)NCCOCCC(C)C)nnc23)c1. The predicted octanol–water partition coefficient (Wildman–Crippen LogP) is 3.92. The number of aromatic nitrogens is 4. The maximum absolute atomic E-state index is 13.5. The molecule has 0 aliphatic heterocycles. The lowest BCUT2D eigenvalue weighted by atomic mass is 10.1. The van der Waals surface area contributed by atoms with Crippen LogP contribution in [0.25, 0.3) is 22.4 Å². The number of thioether (sulfide) groups is 1. The van der Waals surface area contributed by atoms with Crippen molar-refractivity contribution in [3.63, 3.8) is 0 Å². The Morgan fingerprint density at radius 1 is 1.11 bits per heavy atom. The lowest BCUT2D eigenvalue weighted by molar-refractivity contribution is -0.118. The van der Waals surface area contributed by atoms with E-state index in [0.29, 0.717) is 47.5 Å². The molecular formula is C26H31N5O3S. The molecule has 0 saturated heterocycles. The van der Waals surface area contributed by atoms with Crippen molar-refractivity contribution in [2.45, 2.75) is 39.3 Å². The molecule has 0 aliphatic carbocycles. The van der Waals surface area contributed by atoms with E-state index < -0.39 is 0 Å². The standard InChI is InChI=1S/C26H31N5O3S/c1-17(2)11-13-34-14-12-27-23(32)16-35-26-29-28-25-30(22-15-18(3)9-10-19(22)4)24(33)20-7-5-6-8-21(20)31(25)26/h5-10,15,17H,11-14,16H2,1-4H3,(H,27,32). The van der Waals surface area contributed by atoms with Crippen molar-refractivity contribution < 1.29 is 9.53 Å². The number of hydrogen-bond acceptors (Lipinski definition) is 6. The molecule has 0 radical (unpaired) electrons. The Balaban J connectivity index is 1.59. The van der Waals surface area contributed by atoms with Gasteiger partial charge in [-0.2, -0.15) is 0 Å². The first-order chi connectivity index (χ1) is 16.9. The van der Waals surface area contributed by atoms with E-state index in [-0.39, 0.29) is 17.2 Å². The fourth-order valence-electron chi connectivity index (χ4n) is 3.81. The van der Waals surface area contributed by atoms with Gasteiger partial charge in [0.25, 0.3) is 5.56 Å². The lowest BCUT2D eigenvalue weighted by Crippen LogP contribution is -2.29. The third-order valence-corrected chi connectivity index (χ3v) is 6.67. The first-order valence-corrected chi connectivity index (χ1v) is 12.8. The highest BCUT2D eigenvalue weighted by atomic mass is 32.2. The molecule has 0 unspecified atom stereocenters. The molecule has 1 N–H and O–H groups in total. The van der Waals surface area contributed by atoms with E-state index in [1.165, 1.54) is 11.8 Å². The van der Waals surface area contributed by atoms with E-state index in [1.54, 1.807) is 10.6 Å². The molecule has 0 bridgehead atoms. The Bertz CT molecular complexity index is 1410. The summed E-state index contributed by atoms with van der Waals surface area (Å²) in [5.74, 6) is 1.10. The summed E-state index contributed by atoms with van der Waals surface area (Å²) in [5.41, 5.74) is 3.33. The number of aryl methyl sites for hydroxylation is 2. The van der Waals surface area contributed by atoms with Gasteiger partial charge >= 0.3 is 0 Å². The van der Waals surface area contributed by atoms with Crippen molar-refractivity contribution in [2.24, 2.45) is 5.92 Å². The van der Waals surface area contributed by atoms with Gasteiger partial charge in [-0.15, -0.1) is 10.2 Å². The van der Waals surface area contributed by atoms with Crippen LogP contribution >= 0.6 is 11.8 Å². The number of ether oxygens (including phenoxy) is 1. The molecule has 35 heavy (non-hydrogen) atoms. The monoisotopic (exact) mass is 493 g/mol. The summed E-state index contributed by atoms with van der Waals surface area (Å²) in [6, 6.07) is 13.4. The van der Waals surface area contributed by atoms with Crippen molar-refractivity contribution >= 4 is 34.3 Å². The van der Waals surface area contributed by atoms with E-state index >= 15 is 0 Å². The minimum atomic E-state index is -0.152. The van der Waals surface area contributed by atoms with E-state index in [9.17, 15) is 9.59 Å². The average molecular weight is 494 g/mol. The quantitative estimate of drug-likeness (QED) is 0.266. The molecule has 2 aromatic heterocycles. The van der Waals surface area contributed by atoms with Gasteiger partial charge in [-0.3, -0.25) is 14.0 Å². The van der Waals surface area contributed by atoms with Gasteiger partial charge in [0.15, 0.2) is 5.16 Å². The maximum atomic E-state index is 13.5. The maximum Gasteiger partial charge on any atom is 0.267 e. The van der Waals surface area contributed by atoms with Gasteiger partial charge in [-0.05, 0) is 55.5 Å². The molecule has 4 aromatic rings. The van der Waals surface area contributed by atoms with Crippen molar-refractivity contribution in [1.29, 1.82) is 0 Å². The Kier molecular flexibility index (Phi) is 7.87. The second kappa shape index (κ2) is 11.0. The van der Waals surface area contributed by atoms with Crippen LogP contribution in [0.5, 0.6) is 0 Å². The first kappa shape index (κ1) is 24.9. The van der Waals surface area contributed by atoms with E-state index in [4.69, 9.17) is 4.74 Å². The zero-order valence-corrected chi connectivity index (χ0v) is 21.4. The number of amides is 1.